The van der Waals surface area contributed by atoms with Crippen molar-refractivity contribution >= 4 is 33.4 Å². The molecule has 3 rings (SSSR count). The highest BCUT2D eigenvalue weighted by Crippen LogP contribution is 2.25. The van der Waals surface area contributed by atoms with Gasteiger partial charge in [0.05, 0.1) is 11.6 Å². The number of hydrogen-bond donors (Lipinski definition) is 1. The summed E-state index contributed by atoms with van der Waals surface area (Å²) in [5.41, 5.74) is 3.62. The summed E-state index contributed by atoms with van der Waals surface area (Å²) in [6.45, 7) is 5.15. The highest BCUT2D eigenvalue weighted by molar-refractivity contribution is 9.10. The fourth-order valence-electron chi connectivity index (χ4n) is 3.45. The van der Waals surface area contributed by atoms with Crippen LogP contribution < -0.4 is 5.32 Å². The monoisotopic (exact) mass is 414 g/mol. The van der Waals surface area contributed by atoms with Gasteiger partial charge < -0.3 is 10.2 Å². The van der Waals surface area contributed by atoms with Crippen molar-refractivity contribution in [1.29, 1.82) is 0 Å². The summed E-state index contributed by atoms with van der Waals surface area (Å²) in [4.78, 5) is 27.3. The van der Waals surface area contributed by atoms with E-state index in [-0.39, 0.29) is 17.7 Å². The fraction of sp³-hybridized carbons (Fsp3) is 0.333. The van der Waals surface area contributed by atoms with Crippen molar-refractivity contribution in [3.8, 4) is 0 Å². The summed E-state index contributed by atoms with van der Waals surface area (Å²) in [6.07, 6.45) is 1.64. The van der Waals surface area contributed by atoms with E-state index in [1.807, 2.05) is 55.1 Å². The van der Waals surface area contributed by atoms with E-state index < -0.39 is 0 Å². The Bertz CT molecular complexity index is 814. The van der Waals surface area contributed by atoms with Gasteiger partial charge in [-0.05, 0) is 66.9 Å². The molecule has 2 aromatic carbocycles. The zero-order chi connectivity index (χ0) is 18.7. The minimum Gasteiger partial charge on any atom is -0.338 e. The van der Waals surface area contributed by atoms with E-state index in [4.69, 9.17) is 0 Å². The number of nitrogens with one attached hydrogen (secondary N) is 1. The van der Waals surface area contributed by atoms with E-state index >= 15 is 0 Å². The maximum absolute atomic E-state index is 12.9. The van der Waals surface area contributed by atoms with Gasteiger partial charge >= 0.3 is 0 Å². The molecule has 1 saturated heterocycles. The van der Waals surface area contributed by atoms with Crippen LogP contribution in [0.15, 0.2) is 46.9 Å². The van der Waals surface area contributed by atoms with E-state index in [2.05, 4.69) is 27.3 Å². The molecule has 0 spiro atoms. The number of piperidine rings is 1. The summed E-state index contributed by atoms with van der Waals surface area (Å²) in [7, 11) is 0. The number of carbonyl (C=O) groups excluding carboxylic acids is 2. The van der Waals surface area contributed by atoms with Crippen molar-refractivity contribution in [2.75, 3.05) is 18.4 Å². The Labute approximate surface area is 162 Å². The lowest BCUT2D eigenvalue weighted by Crippen LogP contribution is -2.43. The lowest BCUT2D eigenvalue weighted by atomic mass is 9.96. The average Bonchev–Trinajstić information content (AvgIpc) is 2.62. The summed E-state index contributed by atoms with van der Waals surface area (Å²) < 4.78 is 0.854. The summed E-state index contributed by atoms with van der Waals surface area (Å²) >= 11 is 3.45. The molecule has 0 aromatic heterocycles. The van der Waals surface area contributed by atoms with Crippen LogP contribution in [-0.4, -0.2) is 29.8 Å². The molecule has 2 amide bonds. The van der Waals surface area contributed by atoms with E-state index in [1.54, 1.807) is 0 Å². The molecule has 1 aliphatic rings. The SMILES string of the molecule is Cc1cc(C)cc(C(=O)N2CCC[C@@H](C(=O)Nc3ccccc3Br)C2)c1. The Morgan fingerprint density at radius 1 is 1.12 bits per heavy atom. The molecule has 0 unspecified atom stereocenters. The minimum atomic E-state index is -0.189. The number of anilines is 1. The molecule has 5 heteroatoms. The van der Waals surface area contributed by atoms with Crippen LogP contribution in [0.3, 0.4) is 0 Å². The number of likely N-dealkylation sites (tertiary alicyclic amines) is 1. The number of aryl methyl sites for hydroxylation is 2. The first-order chi connectivity index (χ1) is 12.4. The van der Waals surface area contributed by atoms with Gasteiger partial charge in [0.15, 0.2) is 0 Å². The van der Waals surface area contributed by atoms with Crippen LogP contribution in [-0.2, 0) is 4.79 Å². The van der Waals surface area contributed by atoms with Gasteiger partial charge in [0.1, 0.15) is 0 Å². The van der Waals surface area contributed by atoms with E-state index in [0.29, 0.717) is 18.7 Å². The lowest BCUT2D eigenvalue weighted by Gasteiger charge is -2.32. The Morgan fingerprint density at radius 3 is 2.50 bits per heavy atom. The molecule has 0 bridgehead atoms. The van der Waals surface area contributed by atoms with E-state index in [1.165, 1.54) is 0 Å². The number of halogens is 1. The number of rotatable bonds is 3. The van der Waals surface area contributed by atoms with Crippen molar-refractivity contribution < 1.29 is 9.59 Å². The Balaban J connectivity index is 1.69. The van der Waals surface area contributed by atoms with Gasteiger partial charge in [-0.25, -0.2) is 0 Å². The van der Waals surface area contributed by atoms with Gasteiger partial charge in [-0.1, -0.05) is 29.3 Å². The third-order valence-corrected chi connectivity index (χ3v) is 5.37. The van der Waals surface area contributed by atoms with Crippen LogP contribution in [0.2, 0.25) is 0 Å². The van der Waals surface area contributed by atoms with Gasteiger partial charge in [0, 0.05) is 23.1 Å². The lowest BCUT2D eigenvalue weighted by molar-refractivity contribution is -0.121. The van der Waals surface area contributed by atoms with Gasteiger partial charge in [0.2, 0.25) is 5.91 Å². The van der Waals surface area contributed by atoms with Crippen LogP contribution in [0.1, 0.15) is 34.3 Å². The standard InChI is InChI=1S/C21H23BrN2O2/c1-14-10-15(2)12-17(11-14)21(26)24-9-5-6-16(13-24)20(25)23-19-8-4-3-7-18(19)22/h3-4,7-8,10-12,16H,5-6,9,13H2,1-2H3,(H,23,25)/t16-/m1/s1. The maximum atomic E-state index is 12.9. The predicted octanol–water partition coefficient (Wildman–Crippen LogP) is 4.56. The average molecular weight is 415 g/mol. The molecule has 0 radical (unpaired) electrons. The Morgan fingerprint density at radius 2 is 1.81 bits per heavy atom. The Hall–Kier alpha value is -2.14. The van der Waals surface area contributed by atoms with Crippen LogP contribution in [0.25, 0.3) is 0 Å². The number of nitrogens with zero attached hydrogens (tertiary/aromatic N) is 1. The van der Waals surface area contributed by atoms with Gasteiger partial charge in [-0.2, -0.15) is 0 Å². The molecule has 1 fully saturated rings. The number of para-hydroxylation sites is 1. The second-order valence-corrected chi connectivity index (χ2v) is 7.79. The van der Waals surface area contributed by atoms with Gasteiger partial charge in [0.25, 0.3) is 5.91 Å². The molecule has 1 atom stereocenters. The quantitative estimate of drug-likeness (QED) is 0.799. The largest absolute Gasteiger partial charge is 0.338 e. The molecule has 0 aliphatic carbocycles. The van der Waals surface area contributed by atoms with Crippen molar-refractivity contribution in [1.82, 2.24) is 4.90 Å². The summed E-state index contributed by atoms with van der Waals surface area (Å²) in [6, 6.07) is 13.4. The van der Waals surface area contributed by atoms with E-state index in [9.17, 15) is 9.59 Å². The first kappa shape index (κ1) is 18.6. The Kier molecular flexibility index (Phi) is 5.77. The molecule has 1 N–H and O–H groups in total. The molecule has 1 aliphatic heterocycles. The summed E-state index contributed by atoms with van der Waals surface area (Å²) in [5, 5.41) is 2.97. The molecular formula is C21H23BrN2O2. The molecule has 4 nitrogen and oxygen atoms in total. The molecule has 136 valence electrons. The first-order valence-corrected chi connectivity index (χ1v) is 9.66. The minimum absolute atomic E-state index is 0.00944. The maximum Gasteiger partial charge on any atom is 0.253 e. The molecular weight excluding hydrogens is 392 g/mol. The molecule has 2 aromatic rings. The molecule has 26 heavy (non-hydrogen) atoms. The zero-order valence-electron chi connectivity index (χ0n) is 15.1. The molecule has 0 saturated carbocycles. The highest BCUT2D eigenvalue weighted by Gasteiger charge is 2.29. The van der Waals surface area contributed by atoms with Crippen LogP contribution in [0, 0.1) is 19.8 Å². The second-order valence-electron chi connectivity index (χ2n) is 6.94. The predicted molar refractivity (Wildman–Crippen MR) is 107 cm³/mol. The second kappa shape index (κ2) is 8.04. The first-order valence-electron chi connectivity index (χ1n) is 8.87. The van der Waals surface area contributed by atoms with E-state index in [0.717, 1.165) is 34.1 Å². The van der Waals surface area contributed by atoms with Crippen molar-refractivity contribution in [2.45, 2.75) is 26.7 Å². The zero-order valence-corrected chi connectivity index (χ0v) is 16.7. The number of amides is 2. The van der Waals surface area contributed by atoms with Crippen molar-refractivity contribution in [3.63, 3.8) is 0 Å². The number of hydrogen-bond acceptors (Lipinski definition) is 2. The smallest absolute Gasteiger partial charge is 0.253 e. The normalized spacial score (nSPS) is 17.0. The van der Waals surface area contributed by atoms with Gasteiger partial charge in [-0.3, -0.25) is 9.59 Å². The third-order valence-electron chi connectivity index (χ3n) is 4.68. The molecule has 1 heterocycles. The number of benzene rings is 2. The summed E-state index contributed by atoms with van der Waals surface area (Å²) in [5.74, 6) is -0.212. The van der Waals surface area contributed by atoms with Crippen LogP contribution >= 0.6 is 15.9 Å². The highest BCUT2D eigenvalue weighted by atomic mass is 79.9. The third kappa shape index (κ3) is 4.33. The van der Waals surface area contributed by atoms with Crippen molar-refractivity contribution in [2.24, 2.45) is 5.92 Å². The topological polar surface area (TPSA) is 49.4 Å². The van der Waals surface area contributed by atoms with Crippen LogP contribution in [0.4, 0.5) is 5.69 Å². The number of carbonyl (C=O) groups is 2. The van der Waals surface area contributed by atoms with Crippen molar-refractivity contribution in [3.05, 3.63) is 63.6 Å². The van der Waals surface area contributed by atoms with Gasteiger partial charge in [-0.15, -0.1) is 0 Å². The fourth-order valence-corrected chi connectivity index (χ4v) is 3.84. The van der Waals surface area contributed by atoms with Crippen LogP contribution in [0.5, 0.6) is 0 Å².